The van der Waals surface area contributed by atoms with E-state index in [1.807, 2.05) is 24.0 Å². The van der Waals surface area contributed by atoms with Crippen molar-refractivity contribution < 1.29 is 23.5 Å². The van der Waals surface area contributed by atoms with Gasteiger partial charge in [0.2, 0.25) is 0 Å². The molecule has 2 amide bonds. The number of esters is 1. The molecule has 2 aliphatic rings. The molecule has 1 aromatic carbocycles. The highest BCUT2D eigenvalue weighted by Gasteiger charge is 2.35. The molecule has 0 spiro atoms. The van der Waals surface area contributed by atoms with Crippen LogP contribution in [0.25, 0.3) is 11.3 Å². The Kier molecular flexibility index (Phi) is 7.78. The third kappa shape index (κ3) is 5.73. The number of H-pyrrole nitrogens is 1. The number of amides is 2. The van der Waals surface area contributed by atoms with E-state index >= 15 is 0 Å². The van der Waals surface area contributed by atoms with Gasteiger partial charge in [-0.15, -0.1) is 0 Å². The number of pyridine rings is 1. The van der Waals surface area contributed by atoms with Crippen LogP contribution in [0.4, 0.5) is 9.18 Å². The maximum absolute atomic E-state index is 14.7. The van der Waals surface area contributed by atoms with Crippen molar-refractivity contribution in [1.29, 1.82) is 0 Å². The molecule has 0 aliphatic carbocycles. The van der Waals surface area contributed by atoms with Gasteiger partial charge in [-0.3, -0.25) is 19.8 Å². The highest BCUT2D eigenvalue weighted by atomic mass is 19.1. The van der Waals surface area contributed by atoms with Gasteiger partial charge in [-0.25, -0.2) is 9.18 Å². The zero-order valence-corrected chi connectivity index (χ0v) is 22.4. The second-order valence-corrected chi connectivity index (χ2v) is 10.1. The van der Waals surface area contributed by atoms with Gasteiger partial charge in [-0.05, 0) is 37.6 Å². The molecule has 2 unspecified atom stereocenters. The summed E-state index contributed by atoms with van der Waals surface area (Å²) in [6.07, 6.45) is 2.85. The number of urea groups is 1. The molecule has 39 heavy (non-hydrogen) atoms. The van der Waals surface area contributed by atoms with E-state index < -0.39 is 5.92 Å². The van der Waals surface area contributed by atoms with Gasteiger partial charge in [-0.2, -0.15) is 5.10 Å². The molecule has 2 atom stereocenters. The second-order valence-electron chi connectivity index (χ2n) is 10.1. The van der Waals surface area contributed by atoms with E-state index in [1.54, 1.807) is 23.2 Å². The maximum Gasteiger partial charge on any atom is 0.317 e. The first-order valence-electron chi connectivity index (χ1n) is 13.0. The number of nitrogens with one attached hydrogen (secondary N) is 2. The first kappa shape index (κ1) is 26.6. The van der Waals surface area contributed by atoms with Gasteiger partial charge in [0.1, 0.15) is 11.6 Å². The molecule has 1 fully saturated rings. The lowest BCUT2D eigenvalue weighted by atomic mass is 9.93. The number of halogens is 1. The Balaban J connectivity index is 1.30. The summed E-state index contributed by atoms with van der Waals surface area (Å²) in [6, 6.07) is 8.06. The number of aryl methyl sites for hydroxylation is 1. The van der Waals surface area contributed by atoms with Crippen molar-refractivity contribution in [3.63, 3.8) is 0 Å². The second kappa shape index (κ2) is 11.4. The molecular formula is C28H33FN6O4. The lowest BCUT2D eigenvalue weighted by Crippen LogP contribution is -2.55. The molecule has 3 aromatic rings. The number of hydrogen-bond acceptors (Lipinski definition) is 7. The Bertz CT molecular complexity index is 1360. The number of likely N-dealkylation sites (tertiary alicyclic amines) is 1. The Morgan fingerprint density at radius 1 is 1.23 bits per heavy atom. The van der Waals surface area contributed by atoms with Crippen molar-refractivity contribution in [3.05, 3.63) is 64.9 Å². The van der Waals surface area contributed by atoms with E-state index in [0.717, 1.165) is 28.2 Å². The van der Waals surface area contributed by atoms with Gasteiger partial charge in [-0.1, -0.05) is 6.07 Å². The Labute approximate surface area is 226 Å². The van der Waals surface area contributed by atoms with Gasteiger partial charge in [0.25, 0.3) is 0 Å². The van der Waals surface area contributed by atoms with Crippen LogP contribution in [0.5, 0.6) is 5.75 Å². The fraction of sp³-hybridized carbons (Fsp3) is 0.429. The molecule has 2 aromatic heterocycles. The highest BCUT2D eigenvalue weighted by Crippen LogP contribution is 2.29. The predicted octanol–water partition coefficient (Wildman–Crippen LogP) is 3.06. The molecule has 5 rings (SSSR count). The molecule has 2 aliphatic heterocycles. The molecule has 206 valence electrons. The number of carbonyl (C=O) groups is 2. The minimum absolute atomic E-state index is 0.211. The van der Waals surface area contributed by atoms with Crippen molar-refractivity contribution in [1.82, 2.24) is 30.3 Å². The quantitative estimate of drug-likeness (QED) is 0.466. The molecule has 11 heteroatoms. The summed E-state index contributed by atoms with van der Waals surface area (Å²) < 4.78 is 25.0. The van der Waals surface area contributed by atoms with Crippen LogP contribution in [-0.2, 0) is 29.0 Å². The lowest BCUT2D eigenvalue weighted by Gasteiger charge is -2.38. The van der Waals surface area contributed by atoms with Crippen LogP contribution in [0.2, 0.25) is 0 Å². The number of fused-ring (bicyclic) bond motifs is 1. The number of piperidine rings is 1. The van der Waals surface area contributed by atoms with Gasteiger partial charge in [0.15, 0.2) is 0 Å². The van der Waals surface area contributed by atoms with Crippen LogP contribution >= 0.6 is 0 Å². The average Bonchev–Trinajstić information content (AvgIpc) is 3.37. The average molecular weight is 537 g/mol. The number of aromatic amines is 1. The van der Waals surface area contributed by atoms with Crippen LogP contribution < -0.4 is 10.1 Å². The van der Waals surface area contributed by atoms with Crippen molar-refractivity contribution in [3.8, 4) is 17.0 Å². The van der Waals surface area contributed by atoms with E-state index in [1.165, 1.54) is 20.3 Å². The first-order valence-corrected chi connectivity index (χ1v) is 13.0. The Morgan fingerprint density at radius 2 is 2.08 bits per heavy atom. The summed E-state index contributed by atoms with van der Waals surface area (Å²) >= 11 is 0. The van der Waals surface area contributed by atoms with Crippen molar-refractivity contribution in [2.75, 3.05) is 33.9 Å². The number of ether oxygens (including phenoxy) is 2. The maximum atomic E-state index is 14.7. The zero-order chi connectivity index (χ0) is 27.5. The normalized spacial score (nSPS) is 19.3. The number of methoxy groups -OCH3 is 2. The molecule has 2 N–H and O–H groups in total. The predicted molar refractivity (Wildman–Crippen MR) is 141 cm³/mol. The summed E-state index contributed by atoms with van der Waals surface area (Å²) in [5.74, 6) is -0.729. The topological polar surface area (TPSA) is 113 Å². The number of aromatic nitrogens is 3. The smallest absolute Gasteiger partial charge is 0.317 e. The van der Waals surface area contributed by atoms with Crippen molar-refractivity contribution >= 4 is 12.0 Å². The van der Waals surface area contributed by atoms with E-state index in [4.69, 9.17) is 9.47 Å². The van der Waals surface area contributed by atoms with Crippen molar-refractivity contribution in [2.24, 2.45) is 5.92 Å². The Morgan fingerprint density at radius 3 is 2.85 bits per heavy atom. The summed E-state index contributed by atoms with van der Waals surface area (Å²) in [7, 11) is 2.85. The van der Waals surface area contributed by atoms with Gasteiger partial charge < -0.3 is 19.7 Å². The molecule has 0 radical (unpaired) electrons. The molecule has 4 heterocycles. The molecule has 10 nitrogen and oxygen atoms in total. The highest BCUT2D eigenvalue weighted by molar-refractivity contribution is 5.76. The van der Waals surface area contributed by atoms with Crippen LogP contribution in [0.15, 0.2) is 36.5 Å². The minimum atomic E-state index is -0.449. The Hall–Kier alpha value is -3.99. The van der Waals surface area contributed by atoms with Gasteiger partial charge >= 0.3 is 12.0 Å². The van der Waals surface area contributed by atoms with Crippen LogP contribution in [0.1, 0.15) is 28.9 Å². The fourth-order valence-electron chi connectivity index (χ4n) is 5.53. The number of carbonyl (C=O) groups excluding carboxylic acids is 2. The molecular weight excluding hydrogens is 503 g/mol. The lowest BCUT2D eigenvalue weighted by molar-refractivity contribution is -0.147. The third-order valence-corrected chi connectivity index (χ3v) is 7.46. The van der Waals surface area contributed by atoms with E-state index in [9.17, 15) is 14.0 Å². The summed E-state index contributed by atoms with van der Waals surface area (Å²) in [5.41, 5.74) is 5.10. The summed E-state index contributed by atoms with van der Waals surface area (Å²) in [5, 5.41) is 10.8. The third-order valence-electron chi connectivity index (χ3n) is 7.46. The molecule has 0 bridgehead atoms. The number of hydrogen-bond donors (Lipinski definition) is 2. The van der Waals surface area contributed by atoms with Gasteiger partial charge in [0, 0.05) is 72.9 Å². The SMILES string of the molecule is COC(=O)C1CC(NC(=O)N2CCc3[nH]nc(-c4ccnc(C)c4)c3C2)CN(Cc2c(F)cccc2OC)C1. The zero-order valence-electron chi connectivity index (χ0n) is 22.4. The number of nitrogens with zero attached hydrogens (tertiary/aromatic N) is 4. The molecule has 1 saturated heterocycles. The number of benzene rings is 1. The fourth-order valence-corrected chi connectivity index (χ4v) is 5.53. The van der Waals surface area contributed by atoms with Crippen LogP contribution in [0, 0.1) is 18.7 Å². The minimum Gasteiger partial charge on any atom is -0.496 e. The first-order chi connectivity index (χ1) is 18.9. The largest absolute Gasteiger partial charge is 0.496 e. The summed E-state index contributed by atoms with van der Waals surface area (Å²) in [6.45, 7) is 3.99. The van der Waals surface area contributed by atoms with Gasteiger partial charge in [0.05, 0.1) is 32.4 Å². The van der Waals surface area contributed by atoms with Crippen LogP contribution in [-0.4, -0.2) is 76.9 Å². The van der Waals surface area contributed by atoms with E-state index in [2.05, 4.69) is 20.5 Å². The van der Waals surface area contributed by atoms with Crippen LogP contribution in [0.3, 0.4) is 0 Å². The van der Waals surface area contributed by atoms with E-state index in [-0.39, 0.29) is 30.4 Å². The summed E-state index contributed by atoms with van der Waals surface area (Å²) in [4.78, 5) is 33.9. The van der Waals surface area contributed by atoms with E-state index in [0.29, 0.717) is 50.3 Å². The standard InChI is InChI=1S/C28H33FN6O4/c1-17-11-18(7-9-30-17)26-22-16-35(10-8-24(22)32-33-26)28(37)31-20-12-19(27(36)39-3)13-34(14-20)15-21-23(29)5-4-6-25(21)38-2/h4-7,9,11,19-20H,8,10,12-16H2,1-3H3,(H,31,37)(H,32,33). The molecule has 0 saturated carbocycles. The monoisotopic (exact) mass is 536 g/mol. The number of rotatable bonds is 6. The van der Waals surface area contributed by atoms with Crippen molar-refractivity contribution in [2.45, 2.75) is 38.9 Å².